The third-order valence-corrected chi connectivity index (χ3v) is 7.59. The highest BCUT2D eigenvalue weighted by atomic mass is 79.9. The number of hydrogen-bond acceptors (Lipinski definition) is 3. The zero-order chi connectivity index (χ0) is 23.3. The number of hydrogen-bond donors (Lipinski definition) is 2. The SMILES string of the molecule is O=C(c1ccc[nH]1)N1CCc2cc(Br)c(S(=O)(=O)Nc3ccc(Cl)c(C(F)(F)F)c3)cc21. The van der Waals surface area contributed by atoms with Crippen molar-refractivity contribution in [2.24, 2.45) is 0 Å². The summed E-state index contributed by atoms with van der Waals surface area (Å²) in [4.78, 5) is 16.8. The summed E-state index contributed by atoms with van der Waals surface area (Å²) in [5, 5.41) is -0.544. The molecule has 168 valence electrons. The Hall–Kier alpha value is -2.50. The van der Waals surface area contributed by atoms with Gasteiger partial charge in [-0.1, -0.05) is 11.6 Å². The second-order valence-corrected chi connectivity index (χ2v) is 9.91. The molecule has 1 aliphatic heterocycles. The Morgan fingerprint density at radius 2 is 1.94 bits per heavy atom. The lowest BCUT2D eigenvalue weighted by Gasteiger charge is -2.18. The minimum Gasteiger partial charge on any atom is -0.357 e. The van der Waals surface area contributed by atoms with Crippen LogP contribution in [0.3, 0.4) is 0 Å². The maximum atomic E-state index is 13.1. The van der Waals surface area contributed by atoms with Crippen LogP contribution in [0.4, 0.5) is 24.5 Å². The van der Waals surface area contributed by atoms with Gasteiger partial charge in [-0.2, -0.15) is 13.2 Å². The van der Waals surface area contributed by atoms with Gasteiger partial charge in [0.2, 0.25) is 0 Å². The van der Waals surface area contributed by atoms with Crippen molar-refractivity contribution < 1.29 is 26.4 Å². The zero-order valence-corrected chi connectivity index (χ0v) is 19.2. The van der Waals surface area contributed by atoms with Crippen LogP contribution in [0.5, 0.6) is 0 Å². The molecule has 2 heterocycles. The van der Waals surface area contributed by atoms with E-state index in [0.717, 1.165) is 17.7 Å². The van der Waals surface area contributed by atoms with Gasteiger partial charge in [-0.25, -0.2) is 8.42 Å². The van der Waals surface area contributed by atoms with Crippen LogP contribution in [0.1, 0.15) is 21.6 Å². The Bertz CT molecular complexity index is 1310. The van der Waals surface area contributed by atoms with Crippen molar-refractivity contribution in [3.63, 3.8) is 0 Å². The maximum Gasteiger partial charge on any atom is 0.417 e. The molecule has 32 heavy (non-hydrogen) atoms. The van der Waals surface area contributed by atoms with E-state index in [1.165, 1.54) is 11.0 Å². The van der Waals surface area contributed by atoms with Gasteiger partial charge < -0.3 is 9.88 Å². The van der Waals surface area contributed by atoms with Crippen LogP contribution in [0.2, 0.25) is 5.02 Å². The molecule has 2 aromatic carbocycles. The summed E-state index contributed by atoms with van der Waals surface area (Å²) in [5.74, 6) is -0.320. The number of aromatic amines is 1. The molecule has 2 N–H and O–H groups in total. The molecule has 0 unspecified atom stereocenters. The standard InChI is InChI=1S/C20H14BrClF3N3O3S/c21-14-8-11-5-7-28(19(29)16-2-1-6-26-16)17(11)10-18(14)32(30,31)27-12-3-4-15(22)13(9-12)20(23,24)25/h1-4,6,8-10,26-27H,5,7H2. The summed E-state index contributed by atoms with van der Waals surface area (Å²) < 4.78 is 67.8. The van der Waals surface area contributed by atoms with Crippen LogP contribution in [-0.2, 0) is 22.6 Å². The highest BCUT2D eigenvalue weighted by Gasteiger charge is 2.34. The van der Waals surface area contributed by atoms with E-state index in [9.17, 15) is 26.4 Å². The molecule has 0 bridgehead atoms. The molecule has 0 atom stereocenters. The lowest BCUT2D eigenvalue weighted by Crippen LogP contribution is -2.29. The Balaban J connectivity index is 1.70. The van der Waals surface area contributed by atoms with Crippen LogP contribution < -0.4 is 9.62 Å². The van der Waals surface area contributed by atoms with E-state index in [4.69, 9.17) is 11.6 Å². The number of halogens is 5. The van der Waals surface area contributed by atoms with E-state index in [1.807, 2.05) is 0 Å². The molecule has 0 fully saturated rings. The topological polar surface area (TPSA) is 82.3 Å². The first-order valence-electron chi connectivity index (χ1n) is 9.14. The highest BCUT2D eigenvalue weighted by Crippen LogP contribution is 2.39. The number of anilines is 2. The molecule has 1 amide bonds. The molecule has 1 aliphatic rings. The number of H-pyrrole nitrogens is 1. The number of carbonyl (C=O) groups excluding carboxylic acids is 1. The van der Waals surface area contributed by atoms with Crippen LogP contribution in [-0.4, -0.2) is 25.9 Å². The third-order valence-electron chi connectivity index (χ3n) is 4.92. The molecule has 1 aromatic heterocycles. The van der Waals surface area contributed by atoms with E-state index in [0.29, 0.717) is 30.4 Å². The van der Waals surface area contributed by atoms with Gasteiger partial charge in [-0.3, -0.25) is 9.52 Å². The second kappa shape index (κ2) is 8.13. The molecule has 0 saturated carbocycles. The molecule has 3 aromatic rings. The van der Waals surface area contributed by atoms with Crippen LogP contribution in [0.25, 0.3) is 0 Å². The van der Waals surface area contributed by atoms with Crippen molar-refractivity contribution in [2.45, 2.75) is 17.5 Å². The minimum atomic E-state index is -4.74. The lowest BCUT2D eigenvalue weighted by atomic mass is 10.2. The van der Waals surface area contributed by atoms with E-state index in [-0.39, 0.29) is 21.0 Å². The third kappa shape index (κ3) is 4.24. The fourth-order valence-corrected chi connectivity index (χ4v) is 5.81. The predicted molar refractivity (Wildman–Crippen MR) is 118 cm³/mol. The number of nitrogens with one attached hydrogen (secondary N) is 2. The van der Waals surface area contributed by atoms with Crippen molar-refractivity contribution in [1.82, 2.24) is 4.98 Å². The molecule has 4 rings (SSSR count). The molecule has 6 nitrogen and oxygen atoms in total. The Labute approximate surface area is 194 Å². The van der Waals surface area contributed by atoms with E-state index in [2.05, 4.69) is 25.6 Å². The number of aromatic nitrogens is 1. The average molecular weight is 549 g/mol. The first kappa shape index (κ1) is 22.7. The number of nitrogens with zero attached hydrogens (tertiary/aromatic N) is 1. The molecular formula is C20H14BrClF3N3O3S. The Kier molecular flexibility index (Phi) is 5.76. The number of sulfonamides is 1. The summed E-state index contributed by atoms with van der Waals surface area (Å²) in [6, 6.07) is 8.94. The first-order chi connectivity index (χ1) is 15.0. The molecule has 12 heteroatoms. The molecule has 0 saturated heterocycles. The Morgan fingerprint density at radius 1 is 1.19 bits per heavy atom. The number of rotatable bonds is 4. The van der Waals surface area contributed by atoms with Gasteiger partial charge in [0.05, 0.1) is 10.6 Å². The first-order valence-corrected chi connectivity index (χ1v) is 11.8. The van der Waals surface area contributed by atoms with E-state index < -0.39 is 26.8 Å². The van der Waals surface area contributed by atoms with Crippen LogP contribution in [0, 0.1) is 0 Å². The second-order valence-electron chi connectivity index (χ2n) is 7.00. The molecule has 0 spiro atoms. The van der Waals surface area contributed by atoms with Crippen LogP contribution in [0.15, 0.2) is 58.0 Å². The van der Waals surface area contributed by atoms with Gasteiger partial charge in [0, 0.05) is 28.6 Å². The number of benzene rings is 2. The summed E-state index contributed by atoms with van der Waals surface area (Å²) in [6.07, 6.45) is -2.61. The largest absolute Gasteiger partial charge is 0.417 e. The number of amides is 1. The number of alkyl halides is 3. The average Bonchev–Trinajstić information content (AvgIpc) is 3.37. The van der Waals surface area contributed by atoms with Gasteiger partial charge in [0.25, 0.3) is 15.9 Å². The zero-order valence-electron chi connectivity index (χ0n) is 16.0. The molecular weight excluding hydrogens is 535 g/mol. The number of carbonyl (C=O) groups is 1. The highest BCUT2D eigenvalue weighted by molar-refractivity contribution is 9.10. The molecule has 0 radical (unpaired) electrons. The van der Waals surface area contributed by atoms with Crippen molar-refractivity contribution in [1.29, 1.82) is 0 Å². The van der Waals surface area contributed by atoms with E-state index in [1.54, 1.807) is 24.4 Å². The maximum absolute atomic E-state index is 13.1. The van der Waals surface area contributed by atoms with Crippen molar-refractivity contribution >= 4 is 54.8 Å². The predicted octanol–water partition coefficient (Wildman–Crippen LogP) is 5.45. The van der Waals surface area contributed by atoms with E-state index >= 15 is 0 Å². The van der Waals surface area contributed by atoms with Gasteiger partial charge >= 0.3 is 6.18 Å². The van der Waals surface area contributed by atoms with Crippen molar-refractivity contribution in [3.05, 3.63) is 75.0 Å². The summed E-state index contributed by atoms with van der Waals surface area (Å²) in [5.41, 5.74) is 0.0783. The summed E-state index contributed by atoms with van der Waals surface area (Å²) >= 11 is 8.82. The van der Waals surface area contributed by atoms with Gasteiger partial charge in [-0.05, 0) is 70.4 Å². The van der Waals surface area contributed by atoms with Crippen LogP contribution >= 0.6 is 27.5 Å². The normalized spacial score (nSPS) is 13.8. The fourth-order valence-electron chi connectivity index (χ4n) is 3.43. The van der Waals surface area contributed by atoms with Gasteiger partial charge in [0.1, 0.15) is 10.6 Å². The smallest absolute Gasteiger partial charge is 0.357 e. The van der Waals surface area contributed by atoms with Gasteiger partial charge in [-0.15, -0.1) is 0 Å². The quantitative estimate of drug-likeness (QED) is 0.455. The lowest BCUT2D eigenvalue weighted by molar-refractivity contribution is -0.137. The summed E-state index contributed by atoms with van der Waals surface area (Å²) in [6.45, 7) is 0.364. The fraction of sp³-hybridized carbons (Fsp3) is 0.150. The van der Waals surface area contributed by atoms with Crippen molar-refractivity contribution in [2.75, 3.05) is 16.2 Å². The Morgan fingerprint density at radius 3 is 2.59 bits per heavy atom. The number of fused-ring (bicyclic) bond motifs is 1. The van der Waals surface area contributed by atoms with Crippen molar-refractivity contribution in [3.8, 4) is 0 Å². The molecule has 0 aliphatic carbocycles. The summed E-state index contributed by atoms with van der Waals surface area (Å²) in [7, 11) is -4.30. The van der Waals surface area contributed by atoms with Gasteiger partial charge in [0.15, 0.2) is 0 Å². The minimum absolute atomic E-state index is 0.217. The monoisotopic (exact) mass is 547 g/mol.